The fraction of sp³-hybridized carbons (Fsp3) is 0.407. The van der Waals surface area contributed by atoms with E-state index in [4.69, 9.17) is 14.2 Å². The lowest BCUT2D eigenvalue weighted by atomic mass is 9.93. The molecule has 0 bridgehead atoms. The molecule has 8 heteroatoms. The van der Waals surface area contributed by atoms with E-state index in [0.29, 0.717) is 55.5 Å². The number of aryl methyl sites for hydroxylation is 1. The number of hydrogen-bond donors (Lipinski definition) is 1. The van der Waals surface area contributed by atoms with Crippen molar-refractivity contribution in [3.05, 3.63) is 64.7 Å². The number of carbonyl (C=O) groups excluding carboxylic acids is 2. The van der Waals surface area contributed by atoms with Crippen LogP contribution in [0.1, 0.15) is 29.7 Å². The van der Waals surface area contributed by atoms with Crippen LogP contribution in [0.4, 0.5) is 0 Å². The first-order valence-electron chi connectivity index (χ1n) is 11.9. The summed E-state index contributed by atoms with van der Waals surface area (Å²) in [5.74, 6) is -0.300. The number of ether oxygens (including phenoxy) is 3. The lowest BCUT2D eigenvalue weighted by molar-refractivity contribution is -0.140. The van der Waals surface area contributed by atoms with E-state index >= 15 is 0 Å². The first kappa shape index (κ1) is 24.8. The van der Waals surface area contributed by atoms with E-state index in [9.17, 15) is 14.7 Å². The third kappa shape index (κ3) is 5.04. The van der Waals surface area contributed by atoms with Crippen LogP contribution in [0.3, 0.4) is 0 Å². The molecule has 2 aliphatic rings. The molecular weight excluding hydrogens is 448 g/mol. The highest BCUT2D eigenvalue weighted by atomic mass is 16.5. The van der Waals surface area contributed by atoms with Gasteiger partial charge in [0.05, 0.1) is 38.5 Å². The third-order valence-electron chi connectivity index (χ3n) is 6.50. The molecule has 2 aliphatic heterocycles. The van der Waals surface area contributed by atoms with Gasteiger partial charge in [0, 0.05) is 37.3 Å². The van der Waals surface area contributed by atoms with Gasteiger partial charge in [0.1, 0.15) is 17.3 Å². The smallest absolute Gasteiger partial charge is 0.295 e. The minimum atomic E-state index is -0.764. The van der Waals surface area contributed by atoms with Crippen molar-refractivity contribution >= 4 is 17.4 Å². The first-order chi connectivity index (χ1) is 17.0. The van der Waals surface area contributed by atoms with E-state index in [-0.39, 0.29) is 11.3 Å². The van der Waals surface area contributed by atoms with E-state index in [2.05, 4.69) is 4.90 Å². The summed E-state index contributed by atoms with van der Waals surface area (Å²) in [4.78, 5) is 30.4. The zero-order chi connectivity index (χ0) is 24.9. The average molecular weight is 481 g/mol. The molecule has 0 radical (unpaired) electrons. The van der Waals surface area contributed by atoms with Gasteiger partial charge in [-0.1, -0.05) is 18.2 Å². The summed E-state index contributed by atoms with van der Waals surface area (Å²) < 4.78 is 16.6. The van der Waals surface area contributed by atoms with Gasteiger partial charge in [0.15, 0.2) is 0 Å². The number of carbonyl (C=O) groups is 2. The molecule has 1 atom stereocenters. The molecule has 0 saturated carbocycles. The second-order valence-electron chi connectivity index (χ2n) is 8.60. The topological polar surface area (TPSA) is 88.5 Å². The summed E-state index contributed by atoms with van der Waals surface area (Å²) in [6.07, 6.45) is 0. The van der Waals surface area contributed by atoms with E-state index in [1.807, 2.05) is 38.1 Å². The standard InChI is InChI=1S/C27H32N2O6/c1-4-35-22-8-6-5-7-21(22)24-23(25(30)20-10-9-19(33-3)17-18(20)2)26(31)27(32)29(24)12-11-28-13-15-34-16-14-28/h5-10,17,24,30H,4,11-16H2,1-3H3/b25-23+. The quantitative estimate of drug-likeness (QED) is 0.353. The van der Waals surface area contributed by atoms with Gasteiger partial charge < -0.3 is 24.2 Å². The van der Waals surface area contributed by atoms with Gasteiger partial charge in [-0.25, -0.2) is 0 Å². The Morgan fingerprint density at radius 2 is 1.86 bits per heavy atom. The molecule has 1 N–H and O–H groups in total. The Morgan fingerprint density at radius 1 is 1.11 bits per heavy atom. The van der Waals surface area contributed by atoms with Crippen LogP contribution in [-0.2, 0) is 14.3 Å². The monoisotopic (exact) mass is 480 g/mol. The molecule has 2 fully saturated rings. The Labute approximate surface area is 205 Å². The van der Waals surface area contributed by atoms with Crippen molar-refractivity contribution in [1.29, 1.82) is 0 Å². The minimum Gasteiger partial charge on any atom is -0.507 e. The largest absolute Gasteiger partial charge is 0.507 e. The van der Waals surface area contributed by atoms with Crippen LogP contribution in [0.2, 0.25) is 0 Å². The maximum absolute atomic E-state index is 13.4. The number of methoxy groups -OCH3 is 1. The number of morpholine rings is 1. The van der Waals surface area contributed by atoms with Crippen molar-refractivity contribution in [2.75, 3.05) is 53.1 Å². The highest BCUT2D eigenvalue weighted by Crippen LogP contribution is 2.43. The molecular formula is C27H32N2O6. The molecule has 186 valence electrons. The van der Waals surface area contributed by atoms with Crippen LogP contribution in [-0.4, -0.2) is 79.7 Å². The van der Waals surface area contributed by atoms with Crippen LogP contribution in [0.15, 0.2) is 48.0 Å². The molecule has 2 aromatic rings. The van der Waals surface area contributed by atoms with Crippen molar-refractivity contribution in [2.45, 2.75) is 19.9 Å². The molecule has 1 unspecified atom stereocenters. The zero-order valence-electron chi connectivity index (χ0n) is 20.5. The lowest BCUT2D eigenvalue weighted by Crippen LogP contribution is -2.42. The summed E-state index contributed by atoms with van der Waals surface area (Å²) in [6.45, 7) is 7.92. The maximum atomic E-state index is 13.4. The number of rotatable bonds is 8. The van der Waals surface area contributed by atoms with Gasteiger partial charge in [-0.15, -0.1) is 0 Å². The van der Waals surface area contributed by atoms with Crippen molar-refractivity contribution in [3.63, 3.8) is 0 Å². The number of para-hydroxylation sites is 1. The van der Waals surface area contributed by atoms with Crippen LogP contribution in [0.5, 0.6) is 11.5 Å². The molecule has 8 nitrogen and oxygen atoms in total. The predicted molar refractivity (Wildman–Crippen MR) is 132 cm³/mol. The number of aliphatic hydroxyl groups excluding tert-OH is 1. The summed E-state index contributed by atoms with van der Waals surface area (Å²) in [5.41, 5.74) is 1.95. The number of nitrogens with zero attached hydrogens (tertiary/aromatic N) is 2. The van der Waals surface area contributed by atoms with Gasteiger partial charge in [-0.2, -0.15) is 0 Å². The Morgan fingerprint density at radius 3 is 2.54 bits per heavy atom. The molecule has 2 aromatic carbocycles. The van der Waals surface area contributed by atoms with Gasteiger partial charge in [0.2, 0.25) is 0 Å². The minimum absolute atomic E-state index is 0.0670. The Hall–Kier alpha value is -3.36. The van der Waals surface area contributed by atoms with Crippen LogP contribution >= 0.6 is 0 Å². The number of hydrogen-bond acceptors (Lipinski definition) is 7. The molecule has 0 aromatic heterocycles. The molecule has 0 aliphatic carbocycles. The van der Waals surface area contributed by atoms with Gasteiger partial charge >= 0.3 is 0 Å². The number of Topliss-reactive ketones (excluding diaryl/α,β-unsaturated/α-hetero) is 1. The second kappa shape index (κ2) is 10.9. The Kier molecular flexibility index (Phi) is 7.73. The molecule has 1 amide bonds. The third-order valence-corrected chi connectivity index (χ3v) is 6.50. The fourth-order valence-corrected chi connectivity index (χ4v) is 4.68. The van der Waals surface area contributed by atoms with Crippen LogP contribution < -0.4 is 9.47 Å². The Balaban J connectivity index is 1.80. The lowest BCUT2D eigenvalue weighted by Gasteiger charge is -2.31. The van der Waals surface area contributed by atoms with Crippen molar-refractivity contribution in [3.8, 4) is 11.5 Å². The number of ketones is 1. The van der Waals surface area contributed by atoms with Gasteiger partial charge in [-0.05, 0) is 43.7 Å². The predicted octanol–water partition coefficient (Wildman–Crippen LogP) is 3.16. The average Bonchev–Trinajstić information content (AvgIpc) is 3.13. The molecule has 2 saturated heterocycles. The second-order valence-corrected chi connectivity index (χ2v) is 8.60. The number of amides is 1. The van der Waals surface area contributed by atoms with Gasteiger partial charge in [0.25, 0.3) is 11.7 Å². The number of likely N-dealkylation sites (tertiary alicyclic amines) is 1. The highest BCUT2D eigenvalue weighted by Gasteiger charge is 2.47. The van der Waals surface area contributed by atoms with E-state index in [1.54, 1.807) is 30.2 Å². The summed E-state index contributed by atoms with van der Waals surface area (Å²) in [5, 5.41) is 11.4. The summed E-state index contributed by atoms with van der Waals surface area (Å²) >= 11 is 0. The van der Waals surface area contributed by atoms with E-state index in [1.165, 1.54) is 0 Å². The molecule has 35 heavy (non-hydrogen) atoms. The SMILES string of the molecule is CCOc1ccccc1C1/C(=C(\O)c2ccc(OC)cc2C)C(=O)C(=O)N1CCN1CCOCC1. The summed E-state index contributed by atoms with van der Waals surface area (Å²) in [6, 6.07) is 11.8. The van der Waals surface area contributed by atoms with Crippen molar-refractivity contribution in [2.24, 2.45) is 0 Å². The number of aliphatic hydroxyl groups is 1. The fourth-order valence-electron chi connectivity index (χ4n) is 4.68. The normalized spacial score (nSPS) is 20.3. The van der Waals surface area contributed by atoms with Crippen molar-refractivity contribution < 1.29 is 28.9 Å². The number of benzene rings is 2. The zero-order valence-corrected chi connectivity index (χ0v) is 20.5. The van der Waals surface area contributed by atoms with E-state index in [0.717, 1.165) is 18.7 Å². The van der Waals surface area contributed by atoms with Crippen molar-refractivity contribution in [1.82, 2.24) is 9.80 Å². The van der Waals surface area contributed by atoms with Crippen LogP contribution in [0, 0.1) is 6.92 Å². The molecule has 0 spiro atoms. The van der Waals surface area contributed by atoms with Gasteiger partial charge in [-0.3, -0.25) is 14.5 Å². The first-order valence-corrected chi connectivity index (χ1v) is 11.9. The Bertz CT molecular complexity index is 1120. The van der Waals surface area contributed by atoms with Crippen LogP contribution in [0.25, 0.3) is 5.76 Å². The maximum Gasteiger partial charge on any atom is 0.295 e. The molecule has 4 rings (SSSR count). The summed E-state index contributed by atoms with van der Waals surface area (Å²) in [7, 11) is 1.57. The van der Waals surface area contributed by atoms with E-state index < -0.39 is 17.7 Å². The highest BCUT2D eigenvalue weighted by molar-refractivity contribution is 6.46. The molecule has 2 heterocycles.